The average Bonchev–Trinajstić information content (AvgIpc) is 2.53. The number of halogens is 2. The largest absolute Gasteiger partial charge is 0.359 e. The van der Waals surface area contributed by atoms with Crippen LogP contribution in [0.3, 0.4) is 0 Å². The van der Waals surface area contributed by atoms with E-state index in [1.807, 2.05) is 26.8 Å². The van der Waals surface area contributed by atoms with E-state index in [-0.39, 0.29) is 29.9 Å². The molecular formula is C16H27ClIN5O. The molecule has 24 heavy (non-hydrogen) atoms. The standard InChI is InChI=1S/C16H26ClN5O.HI/c1-5-19-15(22-11-16(2,3)14(23)18-4)20-9-8-12-6-7-13(17)21-10-12;/h6-7,10H,5,8-9,11H2,1-4H3,(H,18,23)(H2,19,20,22);1H. The number of hydrogen-bond donors (Lipinski definition) is 3. The number of carbonyl (C=O) groups excluding carboxylic acids is 1. The van der Waals surface area contributed by atoms with E-state index in [4.69, 9.17) is 11.6 Å². The van der Waals surface area contributed by atoms with Crippen molar-refractivity contribution >= 4 is 47.4 Å². The second-order valence-electron chi connectivity index (χ2n) is 5.82. The number of rotatable bonds is 7. The second-order valence-corrected chi connectivity index (χ2v) is 6.21. The summed E-state index contributed by atoms with van der Waals surface area (Å²) >= 11 is 5.77. The van der Waals surface area contributed by atoms with Gasteiger partial charge in [0.25, 0.3) is 0 Å². The van der Waals surface area contributed by atoms with E-state index in [9.17, 15) is 4.79 Å². The fourth-order valence-electron chi connectivity index (χ4n) is 1.91. The van der Waals surface area contributed by atoms with Gasteiger partial charge in [-0.3, -0.25) is 9.79 Å². The summed E-state index contributed by atoms with van der Waals surface area (Å²) in [6.07, 6.45) is 2.58. The third kappa shape index (κ3) is 8.14. The monoisotopic (exact) mass is 467 g/mol. The molecule has 8 heteroatoms. The number of pyridine rings is 1. The van der Waals surface area contributed by atoms with Gasteiger partial charge in [0.2, 0.25) is 5.91 Å². The zero-order valence-corrected chi connectivity index (χ0v) is 17.7. The van der Waals surface area contributed by atoms with Crippen molar-refractivity contribution in [3.63, 3.8) is 0 Å². The average molecular weight is 468 g/mol. The summed E-state index contributed by atoms with van der Waals surface area (Å²) in [6.45, 7) is 7.63. The molecule has 136 valence electrons. The van der Waals surface area contributed by atoms with Gasteiger partial charge in [0.15, 0.2) is 5.96 Å². The zero-order chi connectivity index (χ0) is 17.3. The minimum Gasteiger partial charge on any atom is -0.359 e. The van der Waals surface area contributed by atoms with Crippen LogP contribution in [-0.2, 0) is 11.2 Å². The SMILES string of the molecule is CCNC(=NCC(C)(C)C(=O)NC)NCCc1ccc(Cl)nc1.I. The molecule has 0 radical (unpaired) electrons. The third-order valence-corrected chi connectivity index (χ3v) is 3.54. The fourth-order valence-corrected chi connectivity index (χ4v) is 2.02. The molecular weight excluding hydrogens is 441 g/mol. The highest BCUT2D eigenvalue weighted by molar-refractivity contribution is 14.0. The summed E-state index contributed by atoms with van der Waals surface area (Å²) in [5.74, 6) is 0.677. The number of amides is 1. The van der Waals surface area contributed by atoms with Crippen molar-refractivity contribution in [1.82, 2.24) is 20.9 Å². The summed E-state index contributed by atoms with van der Waals surface area (Å²) in [7, 11) is 1.64. The minimum atomic E-state index is -0.544. The molecule has 0 bridgehead atoms. The Kier molecular flexibility index (Phi) is 10.9. The van der Waals surface area contributed by atoms with Gasteiger partial charge in [-0.1, -0.05) is 17.7 Å². The first-order chi connectivity index (χ1) is 10.9. The number of guanidine groups is 1. The van der Waals surface area contributed by atoms with Crippen LogP contribution in [0.25, 0.3) is 0 Å². The van der Waals surface area contributed by atoms with Crippen molar-refractivity contribution < 1.29 is 4.79 Å². The van der Waals surface area contributed by atoms with E-state index in [1.165, 1.54) is 0 Å². The molecule has 1 aromatic rings. The quantitative estimate of drug-likeness (QED) is 0.249. The summed E-state index contributed by atoms with van der Waals surface area (Å²) in [6, 6.07) is 3.73. The normalized spacial score (nSPS) is 11.5. The Morgan fingerprint density at radius 2 is 2.04 bits per heavy atom. The van der Waals surface area contributed by atoms with E-state index in [0.29, 0.717) is 17.7 Å². The highest BCUT2D eigenvalue weighted by Gasteiger charge is 2.26. The maximum Gasteiger partial charge on any atom is 0.227 e. The van der Waals surface area contributed by atoms with Gasteiger partial charge in [-0.2, -0.15) is 0 Å². The van der Waals surface area contributed by atoms with Crippen LogP contribution in [-0.4, -0.2) is 43.5 Å². The fraction of sp³-hybridized carbons (Fsp3) is 0.562. The van der Waals surface area contributed by atoms with Crippen LogP contribution in [0.2, 0.25) is 5.15 Å². The lowest BCUT2D eigenvalue weighted by atomic mass is 9.93. The lowest BCUT2D eigenvalue weighted by Gasteiger charge is -2.21. The van der Waals surface area contributed by atoms with Crippen molar-refractivity contribution in [3.8, 4) is 0 Å². The van der Waals surface area contributed by atoms with Gasteiger partial charge in [0.05, 0.1) is 12.0 Å². The molecule has 0 atom stereocenters. The predicted molar refractivity (Wildman–Crippen MR) is 110 cm³/mol. The van der Waals surface area contributed by atoms with Gasteiger partial charge < -0.3 is 16.0 Å². The zero-order valence-electron chi connectivity index (χ0n) is 14.6. The molecule has 0 aliphatic rings. The third-order valence-electron chi connectivity index (χ3n) is 3.31. The van der Waals surface area contributed by atoms with Crippen molar-refractivity contribution in [3.05, 3.63) is 29.0 Å². The Morgan fingerprint density at radius 3 is 2.58 bits per heavy atom. The molecule has 0 unspecified atom stereocenters. The topological polar surface area (TPSA) is 78.4 Å². The molecule has 0 saturated heterocycles. The molecule has 1 aromatic heterocycles. The molecule has 1 rings (SSSR count). The van der Waals surface area contributed by atoms with Gasteiger partial charge in [-0.05, 0) is 38.8 Å². The van der Waals surface area contributed by atoms with E-state index >= 15 is 0 Å². The number of aromatic nitrogens is 1. The van der Waals surface area contributed by atoms with Gasteiger partial charge in [-0.25, -0.2) is 4.98 Å². The van der Waals surface area contributed by atoms with Crippen LogP contribution in [0.1, 0.15) is 26.3 Å². The molecule has 0 fully saturated rings. The predicted octanol–water partition coefficient (Wildman–Crippen LogP) is 2.22. The molecule has 0 spiro atoms. The summed E-state index contributed by atoms with van der Waals surface area (Å²) < 4.78 is 0. The Bertz CT molecular complexity index is 534. The van der Waals surface area contributed by atoms with E-state index in [0.717, 1.165) is 25.1 Å². The highest BCUT2D eigenvalue weighted by atomic mass is 127. The van der Waals surface area contributed by atoms with Crippen molar-refractivity contribution in [1.29, 1.82) is 0 Å². The Hall–Kier alpha value is -1.09. The first-order valence-corrected chi connectivity index (χ1v) is 8.11. The van der Waals surface area contributed by atoms with Crippen molar-refractivity contribution in [2.75, 3.05) is 26.7 Å². The number of aliphatic imine (C=N–C) groups is 1. The summed E-state index contributed by atoms with van der Waals surface area (Å²) in [4.78, 5) is 20.3. The minimum absolute atomic E-state index is 0. The van der Waals surface area contributed by atoms with E-state index in [1.54, 1.807) is 19.3 Å². The number of hydrogen-bond acceptors (Lipinski definition) is 3. The molecule has 0 aromatic carbocycles. The smallest absolute Gasteiger partial charge is 0.227 e. The molecule has 0 aliphatic carbocycles. The van der Waals surface area contributed by atoms with Crippen LogP contribution in [0.15, 0.2) is 23.3 Å². The number of nitrogens with one attached hydrogen (secondary N) is 3. The molecule has 0 saturated carbocycles. The Balaban J connectivity index is 0.00000529. The Labute approximate surface area is 166 Å². The number of carbonyl (C=O) groups is 1. The van der Waals surface area contributed by atoms with Gasteiger partial charge in [0.1, 0.15) is 5.15 Å². The molecule has 6 nitrogen and oxygen atoms in total. The maximum atomic E-state index is 11.8. The molecule has 0 aliphatic heterocycles. The molecule has 1 heterocycles. The van der Waals surface area contributed by atoms with Gasteiger partial charge >= 0.3 is 0 Å². The first-order valence-electron chi connectivity index (χ1n) is 7.74. The summed E-state index contributed by atoms with van der Waals surface area (Å²) in [5, 5.41) is 9.59. The first kappa shape index (κ1) is 22.9. The number of nitrogens with zero attached hydrogens (tertiary/aromatic N) is 2. The van der Waals surface area contributed by atoms with Crippen LogP contribution in [0.5, 0.6) is 0 Å². The van der Waals surface area contributed by atoms with Crippen LogP contribution < -0.4 is 16.0 Å². The van der Waals surface area contributed by atoms with Crippen molar-refractivity contribution in [2.24, 2.45) is 10.4 Å². The lowest BCUT2D eigenvalue weighted by Crippen LogP contribution is -2.41. The second kappa shape index (κ2) is 11.5. The van der Waals surface area contributed by atoms with Crippen molar-refractivity contribution in [2.45, 2.75) is 27.2 Å². The van der Waals surface area contributed by atoms with Crippen LogP contribution in [0.4, 0.5) is 0 Å². The lowest BCUT2D eigenvalue weighted by molar-refractivity contribution is -0.128. The van der Waals surface area contributed by atoms with E-state index in [2.05, 4.69) is 25.9 Å². The van der Waals surface area contributed by atoms with E-state index < -0.39 is 5.41 Å². The highest BCUT2D eigenvalue weighted by Crippen LogP contribution is 2.15. The van der Waals surface area contributed by atoms with Crippen LogP contribution in [0, 0.1) is 5.41 Å². The van der Waals surface area contributed by atoms with Crippen LogP contribution >= 0.6 is 35.6 Å². The van der Waals surface area contributed by atoms with Gasteiger partial charge in [-0.15, -0.1) is 24.0 Å². The molecule has 1 amide bonds. The van der Waals surface area contributed by atoms with Gasteiger partial charge in [0, 0.05) is 26.3 Å². The summed E-state index contributed by atoms with van der Waals surface area (Å²) in [5.41, 5.74) is 0.556. The molecule has 3 N–H and O–H groups in total. The Morgan fingerprint density at radius 1 is 1.33 bits per heavy atom. The maximum absolute atomic E-state index is 11.8.